The molecule has 0 spiro atoms. The maximum absolute atomic E-state index is 11.0. The first-order chi connectivity index (χ1) is 7.16. The molecule has 0 saturated heterocycles. The summed E-state index contributed by atoms with van der Waals surface area (Å²) in [6.07, 6.45) is 1.16. The maximum atomic E-state index is 11.0. The molecule has 0 fully saturated rings. The van der Waals surface area contributed by atoms with Gasteiger partial charge in [-0.1, -0.05) is 5.11 Å². The fraction of sp³-hybridized carbons (Fsp3) is 0.750. The van der Waals surface area contributed by atoms with Gasteiger partial charge >= 0.3 is 5.97 Å². The molecule has 0 radical (unpaired) electrons. The van der Waals surface area contributed by atoms with Crippen molar-refractivity contribution in [2.24, 2.45) is 5.11 Å². The second kappa shape index (κ2) is 8.83. The van der Waals surface area contributed by atoms with Gasteiger partial charge in [0.25, 0.3) is 0 Å². The first-order valence-electron chi connectivity index (χ1n) is 4.66. The Morgan fingerprint density at radius 2 is 2.07 bits per heavy atom. The first-order valence-corrected chi connectivity index (χ1v) is 4.66. The van der Waals surface area contributed by atoms with Crippen molar-refractivity contribution in [3.63, 3.8) is 0 Å². The van der Waals surface area contributed by atoms with Gasteiger partial charge in [0, 0.05) is 30.8 Å². The predicted octanol–water partition coefficient (Wildman–Crippen LogP) is 1.06. The van der Waals surface area contributed by atoms with E-state index in [1.165, 1.54) is 0 Å². The fourth-order valence-corrected chi connectivity index (χ4v) is 0.911. The third kappa shape index (κ3) is 10.2. The highest BCUT2D eigenvalue weighted by molar-refractivity contribution is 5.76. The van der Waals surface area contributed by atoms with Crippen molar-refractivity contribution in [1.29, 1.82) is 0 Å². The lowest BCUT2D eigenvalue weighted by Gasteiger charge is -2.02. The topological polar surface area (TPSA) is 115 Å². The van der Waals surface area contributed by atoms with Crippen molar-refractivity contribution < 1.29 is 14.7 Å². The Morgan fingerprint density at radius 3 is 2.67 bits per heavy atom. The average molecular weight is 214 g/mol. The van der Waals surface area contributed by atoms with Crippen molar-refractivity contribution in [3.8, 4) is 0 Å². The van der Waals surface area contributed by atoms with E-state index in [1.807, 2.05) is 0 Å². The zero-order valence-corrected chi connectivity index (χ0v) is 8.35. The van der Waals surface area contributed by atoms with Crippen LogP contribution in [-0.2, 0) is 9.59 Å². The fourth-order valence-electron chi connectivity index (χ4n) is 0.911. The number of azide groups is 1. The molecule has 0 bridgehead atoms. The van der Waals surface area contributed by atoms with Gasteiger partial charge in [0.2, 0.25) is 5.91 Å². The van der Waals surface area contributed by atoms with E-state index >= 15 is 0 Å². The lowest BCUT2D eigenvalue weighted by atomic mass is 10.2. The van der Waals surface area contributed by atoms with Crippen LogP contribution in [-0.4, -0.2) is 30.1 Å². The van der Waals surface area contributed by atoms with Crippen LogP contribution in [0.1, 0.15) is 25.7 Å². The summed E-state index contributed by atoms with van der Waals surface area (Å²) in [4.78, 5) is 23.8. The van der Waals surface area contributed by atoms with Crippen molar-refractivity contribution in [2.75, 3.05) is 13.1 Å². The number of hydrogen-bond acceptors (Lipinski definition) is 3. The number of carbonyl (C=O) groups is 2. The van der Waals surface area contributed by atoms with Crippen LogP contribution in [0.5, 0.6) is 0 Å². The molecule has 0 atom stereocenters. The summed E-state index contributed by atoms with van der Waals surface area (Å²) in [6, 6.07) is 0. The summed E-state index contributed by atoms with van der Waals surface area (Å²) in [7, 11) is 0. The summed E-state index contributed by atoms with van der Waals surface area (Å²) in [5.41, 5.74) is 7.96. The minimum absolute atomic E-state index is 0.00610. The number of carboxylic acid groups (broad SMARTS) is 1. The van der Waals surface area contributed by atoms with Gasteiger partial charge in [-0.15, -0.1) is 0 Å². The van der Waals surface area contributed by atoms with E-state index in [4.69, 9.17) is 10.6 Å². The molecule has 0 saturated carbocycles. The number of amides is 1. The molecule has 2 N–H and O–H groups in total. The third-order valence-corrected chi connectivity index (χ3v) is 1.61. The lowest BCUT2D eigenvalue weighted by molar-refractivity contribution is -0.137. The van der Waals surface area contributed by atoms with Crippen molar-refractivity contribution in [3.05, 3.63) is 10.4 Å². The number of nitrogens with one attached hydrogen (secondary N) is 1. The summed E-state index contributed by atoms with van der Waals surface area (Å²) in [5.74, 6) is -1.07. The van der Waals surface area contributed by atoms with Gasteiger partial charge < -0.3 is 10.4 Å². The predicted molar refractivity (Wildman–Crippen MR) is 53.1 cm³/mol. The van der Waals surface area contributed by atoms with E-state index in [9.17, 15) is 9.59 Å². The van der Waals surface area contributed by atoms with Crippen LogP contribution < -0.4 is 5.32 Å². The van der Waals surface area contributed by atoms with Crippen molar-refractivity contribution in [2.45, 2.75) is 25.7 Å². The summed E-state index contributed by atoms with van der Waals surface area (Å²) >= 11 is 0. The van der Waals surface area contributed by atoms with Gasteiger partial charge in [0.15, 0.2) is 0 Å². The Morgan fingerprint density at radius 1 is 1.33 bits per heavy atom. The number of nitrogens with zero attached hydrogens (tertiary/aromatic N) is 3. The Labute approximate surface area is 87.1 Å². The van der Waals surface area contributed by atoms with Gasteiger partial charge in [-0.05, 0) is 18.4 Å². The van der Waals surface area contributed by atoms with Crippen LogP contribution in [0.4, 0.5) is 0 Å². The summed E-state index contributed by atoms with van der Waals surface area (Å²) in [5, 5.41) is 14.2. The summed E-state index contributed by atoms with van der Waals surface area (Å²) in [6.45, 7) is 0.802. The molecule has 0 aliphatic rings. The highest BCUT2D eigenvalue weighted by atomic mass is 16.4. The Hall–Kier alpha value is -1.75. The second-order valence-electron chi connectivity index (χ2n) is 2.91. The Bertz CT molecular complexity index is 261. The molecule has 84 valence electrons. The smallest absolute Gasteiger partial charge is 0.303 e. The molecule has 0 aliphatic carbocycles. The van der Waals surface area contributed by atoms with Crippen LogP contribution >= 0.6 is 0 Å². The van der Waals surface area contributed by atoms with Gasteiger partial charge in [0.05, 0.1) is 0 Å². The van der Waals surface area contributed by atoms with Crippen LogP contribution in [0, 0.1) is 0 Å². The molecule has 0 aromatic rings. The second-order valence-corrected chi connectivity index (χ2v) is 2.91. The molecule has 0 aliphatic heterocycles. The highest BCUT2D eigenvalue weighted by Gasteiger charge is 2.02. The largest absolute Gasteiger partial charge is 0.481 e. The zero-order chi connectivity index (χ0) is 11.5. The van der Waals surface area contributed by atoms with E-state index in [-0.39, 0.29) is 18.7 Å². The third-order valence-electron chi connectivity index (χ3n) is 1.61. The van der Waals surface area contributed by atoms with Crippen LogP contribution in [0.2, 0.25) is 0 Å². The standard InChI is InChI=1S/C8H14N4O3/c9-12-11-6-2-5-10-7(13)3-1-4-8(14)15/h1-6H2,(H,10,13)(H,14,15). The molecule has 7 heteroatoms. The van der Waals surface area contributed by atoms with E-state index in [0.717, 1.165) is 0 Å². The van der Waals surface area contributed by atoms with Gasteiger partial charge in [-0.3, -0.25) is 9.59 Å². The summed E-state index contributed by atoms with van der Waals surface area (Å²) < 4.78 is 0. The molecule has 0 heterocycles. The number of carboxylic acids is 1. The molecular formula is C8H14N4O3. The maximum Gasteiger partial charge on any atom is 0.303 e. The van der Waals surface area contributed by atoms with Crippen molar-refractivity contribution in [1.82, 2.24) is 5.32 Å². The van der Waals surface area contributed by atoms with Crippen LogP contribution in [0.15, 0.2) is 5.11 Å². The van der Waals surface area contributed by atoms with E-state index in [0.29, 0.717) is 25.9 Å². The molecule has 0 aromatic heterocycles. The van der Waals surface area contributed by atoms with Crippen LogP contribution in [0.25, 0.3) is 10.4 Å². The minimum atomic E-state index is -0.897. The molecule has 7 nitrogen and oxygen atoms in total. The Balaban J connectivity index is 3.33. The van der Waals surface area contributed by atoms with Gasteiger partial charge in [-0.2, -0.15) is 0 Å². The van der Waals surface area contributed by atoms with E-state index in [1.54, 1.807) is 0 Å². The minimum Gasteiger partial charge on any atom is -0.481 e. The van der Waals surface area contributed by atoms with Gasteiger partial charge in [0.1, 0.15) is 0 Å². The van der Waals surface area contributed by atoms with Crippen molar-refractivity contribution >= 4 is 11.9 Å². The monoisotopic (exact) mass is 214 g/mol. The molecular weight excluding hydrogens is 200 g/mol. The molecule has 15 heavy (non-hydrogen) atoms. The lowest BCUT2D eigenvalue weighted by Crippen LogP contribution is -2.24. The van der Waals surface area contributed by atoms with Gasteiger partial charge in [-0.25, -0.2) is 0 Å². The quantitative estimate of drug-likeness (QED) is 0.272. The Kier molecular flexibility index (Phi) is 7.80. The first kappa shape index (κ1) is 13.2. The number of carbonyl (C=O) groups excluding carboxylic acids is 1. The highest BCUT2D eigenvalue weighted by Crippen LogP contribution is 1.94. The average Bonchev–Trinajstić information content (AvgIpc) is 2.17. The zero-order valence-electron chi connectivity index (χ0n) is 8.35. The normalized spacial score (nSPS) is 9.07. The number of hydrogen-bond donors (Lipinski definition) is 2. The van der Waals surface area contributed by atoms with E-state index in [2.05, 4.69) is 15.3 Å². The molecule has 1 amide bonds. The van der Waals surface area contributed by atoms with Crippen LogP contribution in [0.3, 0.4) is 0 Å². The van der Waals surface area contributed by atoms with E-state index < -0.39 is 5.97 Å². The molecule has 0 rings (SSSR count). The SMILES string of the molecule is [N-]=[N+]=NCCCNC(=O)CCCC(=O)O. The molecule has 0 aromatic carbocycles. The molecule has 0 unspecified atom stereocenters. The number of aliphatic carboxylic acids is 1. The number of rotatable bonds is 8.